The van der Waals surface area contributed by atoms with E-state index in [2.05, 4.69) is 20.6 Å². The van der Waals surface area contributed by atoms with E-state index in [0.29, 0.717) is 5.69 Å². The third-order valence-corrected chi connectivity index (χ3v) is 4.42. The van der Waals surface area contributed by atoms with Gasteiger partial charge < -0.3 is 47.1 Å². The monoisotopic (exact) mass is 486 g/mol. The van der Waals surface area contributed by atoms with Gasteiger partial charge in [0.2, 0.25) is 17.7 Å². The zero-order valence-corrected chi connectivity index (χ0v) is 17.8. The molecule has 1 aromatic rings. The first-order valence-electron chi connectivity index (χ1n) is 9.85. The maximum atomic E-state index is 12.7. The summed E-state index contributed by atoms with van der Waals surface area (Å²) < 4.78 is 0. The SMILES string of the molecule is NC(CC(=O)O)C(=O)NC(CO)C(=O)NC(CCC(=O)O)C(=O)NC(Cc1cnc[nH]1)C(=O)O. The molecule has 0 bridgehead atoms. The minimum atomic E-state index is -1.65. The number of carboxylic acids is 3. The quantitative estimate of drug-likeness (QED) is 0.115. The largest absolute Gasteiger partial charge is 0.481 e. The summed E-state index contributed by atoms with van der Waals surface area (Å²) in [5, 5.41) is 42.8. The van der Waals surface area contributed by atoms with Gasteiger partial charge in [-0.15, -0.1) is 0 Å². The van der Waals surface area contributed by atoms with E-state index in [4.69, 9.17) is 15.9 Å². The average molecular weight is 486 g/mol. The third kappa shape index (κ3) is 9.61. The zero-order valence-electron chi connectivity index (χ0n) is 17.8. The molecule has 4 unspecified atom stereocenters. The van der Waals surface area contributed by atoms with Crippen LogP contribution in [0.1, 0.15) is 25.0 Å². The Bertz CT molecular complexity index is 890. The van der Waals surface area contributed by atoms with Crippen LogP contribution in [0.2, 0.25) is 0 Å². The summed E-state index contributed by atoms with van der Waals surface area (Å²) in [5.41, 5.74) is 5.78. The molecule has 3 amide bonds. The van der Waals surface area contributed by atoms with Gasteiger partial charge in [0.05, 0.1) is 25.4 Å². The summed E-state index contributed by atoms with van der Waals surface area (Å²) in [6.07, 6.45) is 0.705. The molecule has 16 heteroatoms. The molecular weight excluding hydrogens is 460 g/mol. The van der Waals surface area contributed by atoms with Gasteiger partial charge in [0.1, 0.15) is 18.1 Å². The lowest BCUT2D eigenvalue weighted by Gasteiger charge is -2.24. The number of nitrogens with zero attached hydrogens (tertiary/aromatic N) is 1. The second-order valence-corrected chi connectivity index (χ2v) is 7.12. The molecule has 0 saturated heterocycles. The first-order chi connectivity index (χ1) is 15.9. The molecule has 0 saturated carbocycles. The molecule has 16 nitrogen and oxygen atoms in total. The number of rotatable bonds is 15. The van der Waals surface area contributed by atoms with Crippen LogP contribution in [0.5, 0.6) is 0 Å². The van der Waals surface area contributed by atoms with E-state index in [0.717, 1.165) is 0 Å². The summed E-state index contributed by atoms with van der Waals surface area (Å²) in [6.45, 7) is -0.956. The Labute approximate surface area is 191 Å². The fraction of sp³-hybridized carbons (Fsp3) is 0.500. The number of aliphatic hydroxyl groups is 1. The fourth-order valence-corrected chi connectivity index (χ4v) is 2.65. The normalized spacial score (nSPS) is 14.2. The number of amides is 3. The van der Waals surface area contributed by atoms with E-state index in [1.54, 1.807) is 0 Å². The molecule has 10 N–H and O–H groups in total. The Hall–Kier alpha value is -4.05. The highest BCUT2D eigenvalue weighted by atomic mass is 16.4. The van der Waals surface area contributed by atoms with Crippen LogP contribution in [0.15, 0.2) is 12.5 Å². The number of H-pyrrole nitrogens is 1. The van der Waals surface area contributed by atoms with Crippen LogP contribution in [0, 0.1) is 0 Å². The van der Waals surface area contributed by atoms with E-state index in [-0.39, 0.29) is 6.42 Å². The highest BCUT2D eigenvalue weighted by Gasteiger charge is 2.31. The minimum Gasteiger partial charge on any atom is -0.481 e. The lowest BCUT2D eigenvalue weighted by Crippen LogP contribution is -2.58. The maximum Gasteiger partial charge on any atom is 0.326 e. The Morgan fingerprint density at radius 1 is 0.912 bits per heavy atom. The number of aliphatic hydroxyl groups excluding tert-OH is 1. The first kappa shape index (κ1) is 28.0. The van der Waals surface area contributed by atoms with Gasteiger partial charge in [0.25, 0.3) is 0 Å². The van der Waals surface area contributed by atoms with Gasteiger partial charge in [-0.25, -0.2) is 9.78 Å². The van der Waals surface area contributed by atoms with Crippen LogP contribution in [0.3, 0.4) is 0 Å². The van der Waals surface area contributed by atoms with Gasteiger partial charge in [-0.1, -0.05) is 0 Å². The number of carbonyl (C=O) groups is 6. The van der Waals surface area contributed by atoms with E-state index >= 15 is 0 Å². The van der Waals surface area contributed by atoms with Crippen LogP contribution in [0.25, 0.3) is 0 Å². The lowest BCUT2D eigenvalue weighted by molar-refractivity contribution is -0.143. The topological polar surface area (TPSA) is 274 Å². The van der Waals surface area contributed by atoms with Gasteiger partial charge in [-0.2, -0.15) is 0 Å². The van der Waals surface area contributed by atoms with Crippen molar-refractivity contribution in [2.24, 2.45) is 5.73 Å². The van der Waals surface area contributed by atoms with E-state index in [1.807, 2.05) is 5.32 Å². The summed E-state index contributed by atoms with van der Waals surface area (Å²) in [6, 6.07) is -6.15. The number of imidazole rings is 1. The molecule has 0 aliphatic heterocycles. The number of nitrogens with one attached hydrogen (secondary N) is 4. The number of aromatic amines is 1. The van der Waals surface area contributed by atoms with Gasteiger partial charge in [-0.3, -0.25) is 24.0 Å². The summed E-state index contributed by atoms with van der Waals surface area (Å²) in [7, 11) is 0. The predicted octanol–water partition coefficient (Wildman–Crippen LogP) is -3.85. The third-order valence-electron chi connectivity index (χ3n) is 4.42. The minimum absolute atomic E-state index is 0.183. The summed E-state index contributed by atoms with van der Waals surface area (Å²) in [5.74, 6) is -7.27. The molecule has 1 rings (SSSR count). The molecule has 0 aliphatic carbocycles. The van der Waals surface area contributed by atoms with Crippen LogP contribution in [-0.2, 0) is 35.2 Å². The fourth-order valence-electron chi connectivity index (χ4n) is 2.65. The van der Waals surface area contributed by atoms with E-state index in [1.165, 1.54) is 12.5 Å². The Morgan fingerprint density at radius 3 is 2.00 bits per heavy atom. The first-order valence-corrected chi connectivity index (χ1v) is 9.85. The lowest BCUT2D eigenvalue weighted by atomic mass is 10.1. The number of hydrogen-bond acceptors (Lipinski definition) is 9. The van der Waals surface area contributed by atoms with E-state index < -0.39 is 85.7 Å². The van der Waals surface area contributed by atoms with Crippen molar-refractivity contribution in [1.29, 1.82) is 0 Å². The molecule has 0 aromatic carbocycles. The highest BCUT2D eigenvalue weighted by molar-refractivity contribution is 5.95. The molecule has 0 aliphatic rings. The number of aliphatic carboxylic acids is 3. The van der Waals surface area contributed by atoms with Gasteiger partial charge in [-0.05, 0) is 6.42 Å². The van der Waals surface area contributed by atoms with Crippen molar-refractivity contribution in [2.75, 3.05) is 6.61 Å². The van der Waals surface area contributed by atoms with Crippen LogP contribution < -0.4 is 21.7 Å². The highest BCUT2D eigenvalue weighted by Crippen LogP contribution is 2.04. The standard InChI is InChI=1S/C18H26N6O10/c19-9(4-14(28)29)15(30)24-12(6-25)17(32)22-10(1-2-13(26)27)16(31)23-11(18(33)34)3-8-5-20-7-21-8/h5,7,9-12,25H,1-4,6,19H2,(H,20,21)(H,22,32)(H,23,31)(H,24,30)(H,26,27)(H,28,29)(H,33,34). The van der Waals surface area contributed by atoms with Crippen molar-refractivity contribution in [1.82, 2.24) is 25.9 Å². The van der Waals surface area contributed by atoms with Crippen molar-refractivity contribution in [3.63, 3.8) is 0 Å². The van der Waals surface area contributed by atoms with E-state index in [9.17, 15) is 39.0 Å². The number of carbonyl (C=O) groups excluding carboxylic acids is 3. The van der Waals surface area contributed by atoms with Crippen molar-refractivity contribution < 1.29 is 49.2 Å². The van der Waals surface area contributed by atoms with Crippen LogP contribution in [0.4, 0.5) is 0 Å². The molecule has 4 atom stereocenters. The molecule has 188 valence electrons. The average Bonchev–Trinajstić information content (AvgIpc) is 3.26. The Kier molecular flexibility index (Phi) is 11.1. The summed E-state index contributed by atoms with van der Waals surface area (Å²) in [4.78, 5) is 76.6. The zero-order chi connectivity index (χ0) is 25.8. The smallest absolute Gasteiger partial charge is 0.326 e. The molecule has 0 fully saturated rings. The molecule has 1 heterocycles. The number of nitrogens with two attached hydrogens (primary N) is 1. The van der Waals surface area contributed by atoms with Gasteiger partial charge in [0, 0.05) is 24.7 Å². The van der Waals surface area contributed by atoms with Crippen molar-refractivity contribution in [3.8, 4) is 0 Å². The van der Waals surface area contributed by atoms with Gasteiger partial charge in [0.15, 0.2) is 0 Å². The van der Waals surface area contributed by atoms with Crippen molar-refractivity contribution >= 4 is 35.6 Å². The molecule has 0 spiro atoms. The van der Waals surface area contributed by atoms with Crippen molar-refractivity contribution in [2.45, 2.75) is 49.9 Å². The molecular formula is C18H26N6O10. The van der Waals surface area contributed by atoms with Crippen LogP contribution in [-0.4, -0.2) is 96.8 Å². The second-order valence-electron chi connectivity index (χ2n) is 7.12. The predicted molar refractivity (Wildman–Crippen MR) is 110 cm³/mol. The molecule has 0 radical (unpaired) electrons. The van der Waals surface area contributed by atoms with Crippen LogP contribution >= 0.6 is 0 Å². The Morgan fingerprint density at radius 2 is 1.50 bits per heavy atom. The second kappa shape index (κ2) is 13.5. The van der Waals surface area contributed by atoms with Gasteiger partial charge >= 0.3 is 17.9 Å². The number of hydrogen-bond donors (Lipinski definition) is 9. The number of aromatic nitrogens is 2. The maximum absolute atomic E-state index is 12.7. The molecule has 34 heavy (non-hydrogen) atoms. The molecule has 1 aromatic heterocycles. The number of carboxylic acid groups (broad SMARTS) is 3. The van der Waals surface area contributed by atoms with Crippen molar-refractivity contribution in [3.05, 3.63) is 18.2 Å². The Balaban J connectivity index is 2.90. The summed E-state index contributed by atoms with van der Waals surface area (Å²) >= 11 is 0.